The van der Waals surface area contributed by atoms with E-state index in [1.165, 1.54) is 6.07 Å². The Balaban J connectivity index is 2.56. The van der Waals surface area contributed by atoms with E-state index in [9.17, 15) is 21.6 Å². The van der Waals surface area contributed by atoms with Gasteiger partial charge in [-0.05, 0) is 23.4 Å². The molecule has 21 heavy (non-hydrogen) atoms. The number of thioether (sulfide) groups is 1. The van der Waals surface area contributed by atoms with E-state index in [0.29, 0.717) is 11.1 Å². The quantitative estimate of drug-likeness (QED) is 0.576. The molecule has 1 aromatic rings. The fourth-order valence-electron chi connectivity index (χ4n) is 1.45. The lowest BCUT2D eigenvalue weighted by molar-refractivity contribution is -0.0327. The molecule has 0 aliphatic rings. The molecule has 118 valence electrons. The van der Waals surface area contributed by atoms with Gasteiger partial charge in [-0.15, -0.1) is 0 Å². The van der Waals surface area contributed by atoms with Crippen LogP contribution in [0, 0.1) is 0 Å². The lowest BCUT2D eigenvalue weighted by Crippen LogP contribution is -2.28. The second-order valence-corrected chi connectivity index (χ2v) is 7.42. The Morgan fingerprint density at radius 2 is 2.05 bits per heavy atom. The second kappa shape index (κ2) is 7.43. The first-order valence-electron chi connectivity index (χ1n) is 5.66. The molecule has 0 radical (unpaired) electrons. The highest BCUT2D eigenvalue weighted by atomic mass is 32.2. The summed E-state index contributed by atoms with van der Waals surface area (Å²) in [6.45, 7) is -0.290. The number of halogens is 3. The minimum absolute atomic E-state index is 0.142. The summed E-state index contributed by atoms with van der Waals surface area (Å²) < 4.78 is 61.3. The van der Waals surface area contributed by atoms with Gasteiger partial charge in [-0.3, -0.25) is 0 Å². The molecule has 0 bridgehead atoms. The minimum Gasteiger partial charge on any atom is -0.389 e. The average molecular weight is 358 g/mol. The Bertz CT molecular complexity index is 603. The van der Waals surface area contributed by atoms with Gasteiger partial charge >= 0.3 is 5.51 Å². The van der Waals surface area contributed by atoms with Crippen LogP contribution >= 0.6 is 24.0 Å². The first kappa shape index (κ1) is 18.2. The molecular formula is C11H13F3N2O2S3. The number of hydrogen-bond acceptors (Lipinski definition) is 4. The van der Waals surface area contributed by atoms with Crippen LogP contribution < -0.4 is 10.5 Å². The Labute approximate surface area is 130 Å². The molecule has 4 nitrogen and oxygen atoms in total. The molecule has 3 N–H and O–H groups in total. The van der Waals surface area contributed by atoms with Crippen molar-refractivity contribution in [3.05, 3.63) is 35.4 Å². The van der Waals surface area contributed by atoms with Crippen molar-refractivity contribution in [2.24, 2.45) is 5.73 Å². The van der Waals surface area contributed by atoms with Gasteiger partial charge in [0, 0.05) is 17.9 Å². The highest BCUT2D eigenvalue weighted by Gasteiger charge is 2.27. The number of nitrogens with two attached hydrogens (primary N) is 1. The maximum atomic E-state index is 11.9. The normalized spacial score (nSPS) is 12.3. The molecule has 0 unspecified atom stereocenters. The molecule has 0 saturated carbocycles. The van der Waals surface area contributed by atoms with Crippen LogP contribution in [0.3, 0.4) is 0 Å². The molecule has 0 amide bonds. The van der Waals surface area contributed by atoms with Crippen molar-refractivity contribution in [3.8, 4) is 0 Å². The molecule has 0 spiro atoms. The third-order valence-electron chi connectivity index (χ3n) is 2.26. The van der Waals surface area contributed by atoms with E-state index in [2.05, 4.69) is 4.72 Å². The van der Waals surface area contributed by atoms with E-state index in [1.807, 2.05) is 0 Å². The van der Waals surface area contributed by atoms with Gasteiger partial charge in [0.05, 0.1) is 5.75 Å². The van der Waals surface area contributed by atoms with Crippen LogP contribution in [0.15, 0.2) is 24.3 Å². The summed E-state index contributed by atoms with van der Waals surface area (Å²) in [5, 5.41) is 0. The molecule has 0 fully saturated rings. The molecule has 0 atom stereocenters. The van der Waals surface area contributed by atoms with Crippen molar-refractivity contribution in [2.45, 2.75) is 11.3 Å². The molecule has 1 rings (SSSR count). The van der Waals surface area contributed by atoms with Crippen molar-refractivity contribution in [2.75, 3.05) is 12.3 Å². The zero-order valence-electron chi connectivity index (χ0n) is 10.7. The third kappa shape index (κ3) is 7.65. The summed E-state index contributed by atoms with van der Waals surface area (Å²) >= 11 is 4.51. The van der Waals surface area contributed by atoms with Gasteiger partial charge in [0.1, 0.15) is 4.99 Å². The Hall–Kier alpha value is -0.840. The van der Waals surface area contributed by atoms with Crippen molar-refractivity contribution < 1.29 is 21.6 Å². The Morgan fingerprint density at radius 1 is 1.38 bits per heavy atom. The van der Waals surface area contributed by atoms with Crippen molar-refractivity contribution >= 4 is 39.0 Å². The van der Waals surface area contributed by atoms with Crippen LogP contribution in [0.4, 0.5) is 13.2 Å². The topological polar surface area (TPSA) is 72.2 Å². The number of alkyl halides is 3. The SMILES string of the molecule is NC(=S)c1cccc(CS(=O)(=O)NCCSC(F)(F)F)c1. The minimum atomic E-state index is -4.36. The fourth-order valence-corrected chi connectivity index (χ4v) is 3.27. The van der Waals surface area contributed by atoms with Crippen LogP contribution in [0.1, 0.15) is 11.1 Å². The highest BCUT2D eigenvalue weighted by molar-refractivity contribution is 8.00. The fraction of sp³-hybridized carbons (Fsp3) is 0.364. The highest BCUT2D eigenvalue weighted by Crippen LogP contribution is 2.29. The summed E-state index contributed by atoms with van der Waals surface area (Å²) in [5.41, 5.74) is 2.07. The standard InChI is InChI=1S/C11H13F3N2O2S3/c12-11(13,14)20-5-4-16-21(17,18)7-8-2-1-3-9(6-8)10(15)19/h1-3,6,16H,4-5,7H2,(H2,15,19). The van der Waals surface area contributed by atoms with Crippen LogP contribution in [-0.2, 0) is 15.8 Å². The van der Waals surface area contributed by atoms with Gasteiger partial charge in [0.2, 0.25) is 10.0 Å². The molecule has 0 aromatic heterocycles. The van der Waals surface area contributed by atoms with Crippen molar-refractivity contribution in [1.29, 1.82) is 0 Å². The van der Waals surface area contributed by atoms with E-state index < -0.39 is 15.5 Å². The monoisotopic (exact) mass is 358 g/mol. The lowest BCUT2D eigenvalue weighted by Gasteiger charge is -2.09. The van der Waals surface area contributed by atoms with E-state index in [1.54, 1.807) is 18.2 Å². The number of sulfonamides is 1. The van der Waals surface area contributed by atoms with Crippen molar-refractivity contribution in [3.63, 3.8) is 0 Å². The van der Waals surface area contributed by atoms with Gasteiger partial charge in [0.25, 0.3) is 0 Å². The maximum Gasteiger partial charge on any atom is 0.441 e. The number of benzene rings is 1. The van der Waals surface area contributed by atoms with Gasteiger partial charge in [-0.2, -0.15) is 13.2 Å². The summed E-state index contributed by atoms with van der Waals surface area (Å²) in [7, 11) is -3.71. The van der Waals surface area contributed by atoms with Gasteiger partial charge < -0.3 is 5.73 Å². The number of nitrogens with one attached hydrogen (secondary N) is 1. The summed E-state index contributed by atoms with van der Waals surface area (Å²) in [4.78, 5) is 0.142. The van der Waals surface area contributed by atoms with Crippen LogP contribution in [0.2, 0.25) is 0 Å². The molecule has 0 saturated heterocycles. The first-order valence-corrected chi connectivity index (χ1v) is 8.70. The van der Waals surface area contributed by atoms with Gasteiger partial charge in [-0.25, -0.2) is 13.1 Å². The molecule has 0 heterocycles. The molecule has 10 heteroatoms. The van der Waals surface area contributed by atoms with Crippen LogP contribution in [-0.4, -0.2) is 31.2 Å². The lowest BCUT2D eigenvalue weighted by atomic mass is 10.1. The number of rotatable bonds is 7. The maximum absolute atomic E-state index is 11.9. The van der Waals surface area contributed by atoms with Crippen LogP contribution in [0.5, 0.6) is 0 Å². The van der Waals surface area contributed by atoms with Gasteiger partial charge in [-0.1, -0.05) is 30.4 Å². The number of hydrogen-bond donors (Lipinski definition) is 2. The first-order chi connectivity index (χ1) is 9.59. The smallest absolute Gasteiger partial charge is 0.389 e. The molecule has 0 aliphatic carbocycles. The second-order valence-electron chi connectivity index (χ2n) is 4.01. The van der Waals surface area contributed by atoms with E-state index >= 15 is 0 Å². The molecule has 0 aliphatic heterocycles. The molecular weight excluding hydrogens is 345 g/mol. The van der Waals surface area contributed by atoms with E-state index in [4.69, 9.17) is 18.0 Å². The number of thiocarbonyl (C=S) groups is 1. The predicted octanol–water partition coefficient (Wildman–Crippen LogP) is 1.99. The molecule has 1 aromatic carbocycles. The summed E-state index contributed by atoms with van der Waals surface area (Å²) in [5.74, 6) is -0.726. The summed E-state index contributed by atoms with van der Waals surface area (Å²) in [6.07, 6.45) is 0. The zero-order chi connectivity index (χ0) is 16.1. The average Bonchev–Trinajstić information content (AvgIpc) is 2.33. The van der Waals surface area contributed by atoms with E-state index in [-0.39, 0.29) is 34.8 Å². The third-order valence-corrected chi connectivity index (χ3v) is 4.59. The Kier molecular flexibility index (Phi) is 6.44. The van der Waals surface area contributed by atoms with Crippen LogP contribution in [0.25, 0.3) is 0 Å². The summed E-state index contributed by atoms with van der Waals surface area (Å²) in [6, 6.07) is 6.36. The predicted molar refractivity (Wildman–Crippen MR) is 81.5 cm³/mol. The zero-order valence-corrected chi connectivity index (χ0v) is 13.1. The van der Waals surface area contributed by atoms with Crippen molar-refractivity contribution in [1.82, 2.24) is 4.72 Å². The van der Waals surface area contributed by atoms with E-state index in [0.717, 1.165) is 0 Å². The Morgan fingerprint density at radius 3 is 2.62 bits per heavy atom. The largest absolute Gasteiger partial charge is 0.441 e. The van der Waals surface area contributed by atoms with Gasteiger partial charge in [0.15, 0.2) is 0 Å².